The Hall–Kier alpha value is -4.08. The number of rotatable bonds is 3. The lowest BCUT2D eigenvalue weighted by atomic mass is 10.2. The lowest BCUT2D eigenvalue weighted by Gasteiger charge is -1.97. The molecule has 0 bridgehead atoms. The quantitative estimate of drug-likeness (QED) is 0.527. The van der Waals surface area contributed by atoms with Gasteiger partial charge in [-0.05, 0) is 36.4 Å². The van der Waals surface area contributed by atoms with Crippen LogP contribution in [0.4, 0.5) is 0 Å². The molecule has 4 heterocycles. The summed E-state index contributed by atoms with van der Waals surface area (Å²) in [6.45, 7) is 0.391. The minimum atomic E-state index is 0.118. The Morgan fingerprint density at radius 3 is 1.54 bits per heavy atom. The SMILES string of the molecule is c1cc2c(cc1-c1noc(-c3nc(-c4ccc5c(c4)OCO5)no3)n1)OCO2. The average molecular weight is 378 g/mol. The Labute approximate surface area is 156 Å². The number of hydrogen-bond donors (Lipinski definition) is 0. The lowest BCUT2D eigenvalue weighted by molar-refractivity contribution is 0.173. The van der Waals surface area contributed by atoms with Gasteiger partial charge < -0.3 is 28.0 Å². The first kappa shape index (κ1) is 15.0. The number of benzene rings is 2. The van der Waals surface area contributed by atoms with Crippen molar-refractivity contribution in [1.29, 1.82) is 0 Å². The van der Waals surface area contributed by atoms with E-state index in [4.69, 9.17) is 28.0 Å². The van der Waals surface area contributed by atoms with E-state index in [0.717, 1.165) is 11.1 Å². The van der Waals surface area contributed by atoms with Gasteiger partial charge in [-0.15, -0.1) is 0 Å². The van der Waals surface area contributed by atoms with Crippen molar-refractivity contribution in [1.82, 2.24) is 20.3 Å². The number of aromatic nitrogens is 4. The van der Waals surface area contributed by atoms with Crippen LogP contribution < -0.4 is 18.9 Å². The van der Waals surface area contributed by atoms with Crippen LogP contribution in [-0.4, -0.2) is 33.9 Å². The summed E-state index contributed by atoms with van der Waals surface area (Å²) in [5.41, 5.74) is 1.43. The average Bonchev–Trinajstić information content (AvgIpc) is 3.53. The van der Waals surface area contributed by atoms with E-state index < -0.39 is 0 Å². The van der Waals surface area contributed by atoms with Gasteiger partial charge in [-0.3, -0.25) is 0 Å². The maximum absolute atomic E-state index is 5.37. The first-order chi connectivity index (χ1) is 13.8. The second-order valence-electron chi connectivity index (χ2n) is 5.98. The highest BCUT2D eigenvalue weighted by atomic mass is 16.7. The van der Waals surface area contributed by atoms with Crippen LogP contribution in [0.25, 0.3) is 34.6 Å². The van der Waals surface area contributed by atoms with E-state index in [1.54, 1.807) is 24.3 Å². The molecule has 0 atom stereocenters. The van der Waals surface area contributed by atoms with Gasteiger partial charge in [0, 0.05) is 11.1 Å². The largest absolute Gasteiger partial charge is 0.454 e. The highest BCUT2D eigenvalue weighted by molar-refractivity contribution is 5.64. The van der Waals surface area contributed by atoms with Crippen molar-refractivity contribution in [2.24, 2.45) is 0 Å². The van der Waals surface area contributed by atoms with Gasteiger partial charge in [-0.2, -0.15) is 9.97 Å². The third kappa shape index (κ3) is 2.35. The smallest absolute Gasteiger partial charge is 0.316 e. The van der Waals surface area contributed by atoms with Crippen LogP contribution in [0.15, 0.2) is 45.4 Å². The van der Waals surface area contributed by atoms with Crippen molar-refractivity contribution < 1.29 is 28.0 Å². The molecular weight excluding hydrogens is 368 g/mol. The van der Waals surface area contributed by atoms with Crippen molar-refractivity contribution in [2.45, 2.75) is 0 Å². The summed E-state index contributed by atoms with van der Waals surface area (Å²) in [5, 5.41) is 7.94. The van der Waals surface area contributed by atoms with Crippen molar-refractivity contribution >= 4 is 0 Å². The molecule has 0 spiro atoms. The van der Waals surface area contributed by atoms with Crippen LogP contribution in [0.3, 0.4) is 0 Å². The number of nitrogens with zero attached hydrogens (tertiary/aromatic N) is 4. The second-order valence-corrected chi connectivity index (χ2v) is 5.98. The molecule has 0 aliphatic carbocycles. The summed E-state index contributed by atoms with van der Waals surface area (Å²) in [6.07, 6.45) is 0. The molecule has 2 aliphatic heterocycles. The molecule has 10 heteroatoms. The molecule has 0 unspecified atom stereocenters. The Kier molecular flexibility index (Phi) is 3.06. The molecule has 6 rings (SSSR count). The van der Waals surface area contributed by atoms with Crippen molar-refractivity contribution in [3.8, 4) is 57.6 Å². The van der Waals surface area contributed by atoms with E-state index in [1.165, 1.54) is 0 Å². The Bertz CT molecular complexity index is 1110. The van der Waals surface area contributed by atoms with Crippen LogP contribution >= 0.6 is 0 Å². The Morgan fingerprint density at radius 1 is 0.571 bits per heavy atom. The van der Waals surface area contributed by atoms with Crippen molar-refractivity contribution in [3.63, 3.8) is 0 Å². The van der Waals surface area contributed by atoms with E-state index in [9.17, 15) is 0 Å². The van der Waals surface area contributed by atoms with Crippen LogP contribution in [0, 0.1) is 0 Å². The van der Waals surface area contributed by atoms with E-state index in [2.05, 4.69) is 20.3 Å². The third-order valence-electron chi connectivity index (χ3n) is 4.30. The zero-order valence-corrected chi connectivity index (χ0v) is 14.1. The van der Waals surface area contributed by atoms with Gasteiger partial charge in [-0.1, -0.05) is 10.3 Å². The topological polar surface area (TPSA) is 115 Å². The summed E-state index contributed by atoms with van der Waals surface area (Å²) in [6, 6.07) is 10.8. The monoisotopic (exact) mass is 378 g/mol. The van der Waals surface area contributed by atoms with E-state index in [0.29, 0.717) is 34.6 Å². The van der Waals surface area contributed by atoms with E-state index >= 15 is 0 Å². The first-order valence-electron chi connectivity index (χ1n) is 8.31. The molecule has 0 amide bonds. The molecule has 0 fully saturated rings. The predicted octanol–water partition coefficient (Wildman–Crippen LogP) is 2.91. The lowest BCUT2D eigenvalue weighted by Crippen LogP contribution is -1.92. The summed E-state index contributed by atoms with van der Waals surface area (Å²) in [5.74, 6) is 3.60. The highest BCUT2D eigenvalue weighted by Gasteiger charge is 2.21. The fourth-order valence-electron chi connectivity index (χ4n) is 2.93. The molecule has 0 radical (unpaired) electrons. The number of hydrogen-bond acceptors (Lipinski definition) is 10. The van der Waals surface area contributed by atoms with Crippen molar-refractivity contribution in [2.75, 3.05) is 13.6 Å². The van der Waals surface area contributed by atoms with Crippen molar-refractivity contribution in [3.05, 3.63) is 36.4 Å². The molecule has 4 aromatic rings. The number of fused-ring (bicyclic) bond motifs is 2. The maximum atomic E-state index is 5.37. The molecule has 0 saturated heterocycles. The second kappa shape index (κ2) is 5.71. The Morgan fingerprint density at radius 2 is 1.04 bits per heavy atom. The van der Waals surface area contributed by atoms with Gasteiger partial charge in [0.15, 0.2) is 23.0 Å². The summed E-state index contributed by atoms with van der Waals surface area (Å²) in [4.78, 5) is 8.65. The van der Waals surface area contributed by atoms with Gasteiger partial charge in [-0.25, -0.2) is 0 Å². The van der Waals surface area contributed by atoms with E-state index in [-0.39, 0.29) is 25.4 Å². The minimum Gasteiger partial charge on any atom is -0.454 e. The van der Waals surface area contributed by atoms with Crippen LogP contribution in [-0.2, 0) is 0 Å². The van der Waals surface area contributed by atoms with Gasteiger partial charge in [0.25, 0.3) is 0 Å². The summed E-state index contributed by atoms with van der Waals surface area (Å²) >= 11 is 0. The van der Waals surface area contributed by atoms with Gasteiger partial charge in [0.2, 0.25) is 25.2 Å². The summed E-state index contributed by atoms with van der Waals surface area (Å²) in [7, 11) is 0. The maximum Gasteiger partial charge on any atom is 0.316 e. The molecular formula is C18H10N4O6. The highest BCUT2D eigenvalue weighted by Crippen LogP contribution is 2.37. The fraction of sp³-hybridized carbons (Fsp3) is 0.111. The predicted molar refractivity (Wildman–Crippen MR) is 90.7 cm³/mol. The minimum absolute atomic E-state index is 0.118. The summed E-state index contributed by atoms with van der Waals surface area (Å²) < 4.78 is 31.9. The van der Waals surface area contributed by atoms with Gasteiger partial charge >= 0.3 is 11.8 Å². The normalized spacial score (nSPS) is 13.9. The molecule has 2 aromatic heterocycles. The van der Waals surface area contributed by atoms with Gasteiger partial charge in [0.05, 0.1) is 0 Å². The van der Waals surface area contributed by atoms with Crippen LogP contribution in [0.1, 0.15) is 0 Å². The van der Waals surface area contributed by atoms with Gasteiger partial charge in [0.1, 0.15) is 0 Å². The molecule has 0 saturated carbocycles. The standard InChI is InChI=1S/C18H10N4O6/c1-3-11-13(25-7-23-11)5-9(1)15-19-17(27-21-15)18-20-16(22-28-18)10-2-4-12-14(6-10)26-8-24-12/h1-6H,7-8H2. The van der Waals surface area contributed by atoms with Crippen LogP contribution in [0.5, 0.6) is 23.0 Å². The Balaban J connectivity index is 1.30. The van der Waals surface area contributed by atoms with Crippen LogP contribution in [0.2, 0.25) is 0 Å². The number of ether oxygens (including phenoxy) is 4. The molecule has 10 nitrogen and oxygen atoms in total. The zero-order valence-electron chi connectivity index (χ0n) is 14.1. The fourth-order valence-corrected chi connectivity index (χ4v) is 2.93. The van der Waals surface area contributed by atoms with E-state index in [1.807, 2.05) is 12.1 Å². The molecule has 2 aromatic carbocycles. The molecule has 2 aliphatic rings. The first-order valence-corrected chi connectivity index (χ1v) is 8.31. The zero-order chi connectivity index (χ0) is 18.5. The molecule has 138 valence electrons. The molecule has 0 N–H and O–H groups in total. The third-order valence-corrected chi connectivity index (χ3v) is 4.30. The molecule has 28 heavy (non-hydrogen) atoms.